The normalized spacial score (nSPS) is 19.5. The first-order valence-electron chi connectivity index (χ1n) is 12.9. The van der Waals surface area contributed by atoms with Gasteiger partial charge in [0.1, 0.15) is 18.5 Å². The Hall–Kier alpha value is -4.00. The Balaban J connectivity index is 1.62. The molecule has 1 N–H and O–H groups in total. The fraction of sp³-hybridized carbons (Fsp3) is 0.321. The lowest BCUT2D eigenvalue weighted by Gasteiger charge is -2.46. The molecule has 214 valence electrons. The molecule has 13 heteroatoms. The molecule has 6 rings (SSSR count). The molecule has 3 aliphatic heterocycles. The molecule has 2 atom stereocenters. The van der Waals surface area contributed by atoms with Crippen molar-refractivity contribution in [2.75, 3.05) is 23.1 Å². The molecule has 1 fully saturated rings. The molecule has 2 amide bonds. The minimum atomic E-state index is -4.81. The van der Waals surface area contributed by atoms with Crippen LogP contribution in [0.3, 0.4) is 0 Å². The van der Waals surface area contributed by atoms with Gasteiger partial charge in [-0.1, -0.05) is 24.3 Å². The third-order valence-electron chi connectivity index (χ3n) is 7.83. The zero-order chi connectivity index (χ0) is 29.2. The predicted octanol–water partition coefficient (Wildman–Crippen LogP) is 4.52. The number of carbonyl (C=O) groups excluding carboxylic acids is 2. The molecule has 0 spiro atoms. The van der Waals surface area contributed by atoms with Crippen molar-refractivity contribution >= 4 is 29.3 Å². The Labute approximate surface area is 235 Å². The largest absolute Gasteiger partial charge is 0.502 e. The number of thioether (sulfide) groups is 1. The van der Waals surface area contributed by atoms with Gasteiger partial charge in [-0.25, -0.2) is 4.39 Å². The molecule has 41 heavy (non-hydrogen) atoms. The molecular formula is C28H24F4N4O4S. The van der Waals surface area contributed by atoms with Crippen LogP contribution in [0.25, 0.3) is 0 Å². The van der Waals surface area contributed by atoms with Gasteiger partial charge in [-0.15, -0.1) is 11.8 Å². The maximum Gasteiger partial charge on any atom is 0.408 e. The van der Waals surface area contributed by atoms with E-state index in [-0.39, 0.29) is 16.6 Å². The zero-order valence-electron chi connectivity index (χ0n) is 21.7. The van der Waals surface area contributed by atoms with Gasteiger partial charge in [-0.3, -0.25) is 24.1 Å². The van der Waals surface area contributed by atoms with E-state index in [0.29, 0.717) is 46.7 Å². The van der Waals surface area contributed by atoms with E-state index in [0.717, 1.165) is 13.0 Å². The fourth-order valence-corrected chi connectivity index (χ4v) is 6.88. The van der Waals surface area contributed by atoms with E-state index in [2.05, 4.69) is 0 Å². The molecule has 2 aromatic carbocycles. The fourth-order valence-electron chi connectivity index (χ4n) is 5.72. The van der Waals surface area contributed by atoms with Crippen molar-refractivity contribution in [1.82, 2.24) is 9.58 Å². The Morgan fingerprint density at radius 2 is 1.78 bits per heavy atom. The van der Waals surface area contributed by atoms with Crippen LogP contribution in [0.15, 0.2) is 58.4 Å². The first-order valence-corrected chi connectivity index (χ1v) is 13.9. The second-order valence-electron chi connectivity index (χ2n) is 10.1. The summed E-state index contributed by atoms with van der Waals surface area (Å²) in [6.45, 7) is 0.733. The second-order valence-corrected chi connectivity index (χ2v) is 11.1. The van der Waals surface area contributed by atoms with Gasteiger partial charge >= 0.3 is 6.18 Å². The van der Waals surface area contributed by atoms with Gasteiger partial charge in [-0.2, -0.15) is 13.2 Å². The van der Waals surface area contributed by atoms with Crippen LogP contribution in [0.4, 0.5) is 23.2 Å². The molecule has 1 aromatic heterocycles. The summed E-state index contributed by atoms with van der Waals surface area (Å²) in [5.41, 5.74) is 0.806. The highest BCUT2D eigenvalue weighted by Crippen LogP contribution is 2.47. The first-order chi connectivity index (χ1) is 19.5. The van der Waals surface area contributed by atoms with Gasteiger partial charge < -0.3 is 14.9 Å². The van der Waals surface area contributed by atoms with Crippen molar-refractivity contribution in [3.63, 3.8) is 0 Å². The smallest absolute Gasteiger partial charge is 0.408 e. The topological polar surface area (TPSA) is 86.1 Å². The number of amides is 2. The van der Waals surface area contributed by atoms with Crippen LogP contribution in [0, 0.1) is 5.82 Å². The van der Waals surface area contributed by atoms with E-state index in [1.807, 2.05) is 0 Å². The van der Waals surface area contributed by atoms with Crippen molar-refractivity contribution in [3.8, 4) is 5.75 Å². The number of fused-ring (bicyclic) bond motifs is 3. The van der Waals surface area contributed by atoms with Gasteiger partial charge in [0.05, 0.1) is 6.04 Å². The molecule has 4 heterocycles. The Kier molecular flexibility index (Phi) is 6.51. The van der Waals surface area contributed by atoms with Gasteiger partial charge in [0, 0.05) is 41.6 Å². The Bertz CT molecular complexity index is 1640. The molecule has 3 aromatic rings. The summed E-state index contributed by atoms with van der Waals surface area (Å²) in [4.78, 5) is 40.9. The Morgan fingerprint density at radius 3 is 2.49 bits per heavy atom. The van der Waals surface area contributed by atoms with Crippen molar-refractivity contribution in [2.45, 2.75) is 48.7 Å². The highest BCUT2D eigenvalue weighted by molar-refractivity contribution is 7.98. The quantitative estimate of drug-likeness (QED) is 0.453. The third kappa shape index (κ3) is 4.33. The summed E-state index contributed by atoms with van der Waals surface area (Å²) >= 11 is 1.21. The average molecular weight is 589 g/mol. The second kappa shape index (κ2) is 9.82. The maximum absolute atomic E-state index is 15.3. The number of rotatable bonds is 3. The first kappa shape index (κ1) is 27.2. The van der Waals surface area contributed by atoms with Crippen molar-refractivity contribution in [2.24, 2.45) is 0 Å². The van der Waals surface area contributed by atoms with E-state index < -0.39 is 53.5 Å². The number of hydrogen-bond acceptors (Lipinski definition) is 6. The molecule has 0 bridgehead atoms. The highest BCUT2D eigenvalue weighted by Gasteiger charge is 2.48. The van der Waals surface area contributed by atoms with E-state index >= 15 is 4.39 Å². The molecule has 3 aliphatic rings. The predicted molar refractivity (Wildman–Crippen MR) is 143 cm³/mol. The number of benzene rings is 2. The maximum atomic E-state index is 15.3. The average Bonchev–Trinajstić information content (AvgIpc) is 3.27. The van der Waals surface area contributed by atoms with Crippen LogP contribution in [-0.2, 0) is 10.5 Å². The summed E-state index contributed by atoms with van der Waals surface area (Å²) in [6, 6.07) is 7.53. The molecule has 0 radical (unpaired) electrons. The van der Waals surface area contributed by atoms with Gasteiger partial charge in [0.2, 0.25) is 11.3 Å². The molecule has 0 saturated carbocycles. The van der Waals surface area contributed by atoms with Crippen molar-refractivity contribution < 1.29 is 32.3 Å². The number of hydrogen-bond donors (Lipinski definition) is 1. The third-order valence-corrected chi connectivity index (χ3v) is 8.98. The summed E-state index contributed by atoms with van der Waals surface area (Å²) in [7, 11) is 0. The van der Waals surface area contributed by atoms with E-state index in [1.165, 1.54) is 39.8 Å². The number of halogens is 4. The van der Waals surface area contributed by atoms with Crippen molar-refractivity contribution in [3.05, 3.63) is 87.1 Å². The standard InChI is InChI=1S/C28H24F4N4O4S/c1-15(28(30,31)32)34-14-36(35-12-10-21(37)25(39)24(35)27(34)40)23-16-5-3-8-20(33-11-4-9-22(33)38)18(16)13-41-26-17(23)6-2-7-19(26)29/h2-3,5-8,10,12,15,23,39H,4,9,11,13-14H2,1H3/t15-,23+/m1/s1. The number of anilines is 1. The van der Waals surface area contributed by atoms with E-state index in [1.54, 1.807) is 29.2 Å². The van der Waals surface area contributed by atoms with Crippen LogP contribution in [0.2, 0.25) is 0 Å². The molecule has 0 aliphatic carbocycles. The van der Waals surface area contributed by atoms with Crippen LogP contribution in [-0.4, -0.2) is 51.9 Å². The van der Waals surface area contributed by atoms with Crippen LogP contribution < -0.4 is 15.3 Å². The highest BCUT2D eigenvalue weighted by atomic mass is 32.2. The number of carbonyl (C=O) groups is 2. The minimum absolute atomic E-state index is 0.0609. The number of nitrogens with zero attached hydrogens (tertiary/aromatic N) is 4. The monoisotopic (exact) mass is 588 g/mol. The molecule has 0 unspecified atom stereocenters. The summed E-state index contributed by atoms with van der Waals surface area (Å²) in [5.74, 6) is -2.46. The molecular weight excluding hydrogens is 564 g/mol. The number of aromatic nitrogens is 1. The number of aromatic hydroxyl groups is 1. The van der Waals surface area contributed by atoms with Gasteiger partial charge in [0.15, 0.2) is 11.4 Å². The van der Waals surface area contributed by atoms with E-state index in [9.17, 15) is 32.7 Å². The number of pyridine rings is 1. The lowest BCUT2D eigenvalue weighted by molar-refractivity contribution is -0.173. The SMILES string of the molecule is C[C@@H](N1CN([C@H]2c3cccc(N4CCCC4=O)c3CSc3c(F)cccc32)n2ccc(=O)c(O)c2C1=O)C(F)(F)F. The minimum Gasteiger partial charge on any atom is -0.502 e. The zero-order valence-corrected chi connectivity index (χ0v) is 22.5. The van der Waals surface area contributed by atoms with Crippen LogP contribution in [0.1, 0.15) is 53.0 Å². The van der Waals surface area contributed by atoms with Crippen LogP contribution >= 0.6 is 11.8 Å². The van der Waals surface area contributed by atoms with E-state index in [4.69, 9.17) is 0 Å². The summed E-state index contributed by atoms with van der Waals surface area (Å²) < 4.78 is 58.4. The van der Waals surface area contributed by atoms with Crippen molar-refractivity contribution in [1.29, 1.82) is 0 Å². The summed E-state index contributed by atoms with van der Waals surface area (Å²) in [6.07, 6.45) is -2.53. The number of alkyl halides is 3. The lowest BCUT2D eigenvalue weighted by atomic mass is 9.93. The molecule has 8 nitrogen and oxygen atoms in total. The molecule has 1 saturated heterocycles. The van der Waals surface area contributed by atoms with Gasteiger partial charge in [0.25, 0.3) is 5.91 Å². The van der Waals surface area contributed by atoms with Crippen LogP contribution in [0.5, 0.6) is 5.75 Å². The summed E-state index contributed by atoms with van der Waals surface area (Å²) in [5, 5.41) is 12.1. The Morgan fingerprint density at radius 1 is 1.05 bits per heavy atom. The van der Waals surface area contributed by atoms with Gasteiger partial charge in [-0.05, 0) is 42.2 Å². The lowest BCUT2D eigenvalue weighted by Crippen LogP contribution is -2.60.